The second kappa shape index (κ2) is 23.6. The highest BCUT2D eigenvalue weighted by atomic mass is 35.5. The molecule has 4 aromatic rings. The van der Waals surface area contributed by atoms with E-state index in [0.29, 0.717) is 42.9 Å². The minimum Gasteiger partial charge on any atom is -0.467 e. The monoisotopic (exact) mass is 846 g/mol. The van der Waals surface area contributed by atoms with Crippen LogP contribution < -0.4 is 0 Å². The molecule has 0 spiro atoms. The summed E-state index contributed by atoms with van der Waals surface area (Å²) in [6.07, 6.45) is 19.2. The van der Waals surface area contributed by atoms with E-state index in [4.69, 9.17) is 21.1 Å². The molecule has 0 radical (unpaired) electrons. The van der Waals surface area contributed by atoms with Crippen LogP contribution in [-0.4, -0.2) is 78.6 Å². The van der Waals surface area contributed by atoms with Gasteiger partial charge in [0.1, 0.15) is 17.2 Å². The zero-order valence-electron chi connectivity index (χ0n) is 35.2. The number of hydrogen-bond acceptors (Lipinski definition) is 11. The molecule has 3 aliphatic rings. The number of carbonyl (C=O) groups excluding carboxylic acids is 5. The molecule has 60 heavy (non-hydrogen) atoms. The Kier molecular flexibility index (Phi) is 18.7. The van der Waals surface area contributed by atoms with Crippen LogP contribution in [0.1, 0.15) is 154 Å². The number of hydrogen-bond donors (Lipinski definition) is 1. The number of halogens is 1. The highest BCUT2D eigenvalue weighted by Crippen LogP contribution is 2.34. The standard InChI is InChI=1S/C20H24N2O4.C12H11ClN2O.C8H14O3.C6H10O/c1-15(16-9-5-3-6-10-16)22-14-21-13-17(22)18(23)26-20(19(24)25-2)11-7-4-8-12-20;1-9(10-5-3-2-4-6-10)15-8-14-7-11(15)12(13)16;1-11-7(9)8(10)5-3-2-4-6-8;7-6-4-2-1-3-5-6/h3,5-6,9-10,13-15H,4,7-8,11-12H2,1-2H3;2-9H,1H3;10H,2-6H2,1H3;1-5H2/t15-;9-;;/m11../s1. The van der Waals surface area contributed by atoms with Gasteiger partial charge in [-0.05, 0) is 101 Å². The SMILES string of the molecule is COC(=O)C1(O)CCCCC1.COC(=O)C1(OC(=O)c2cncn2[C@H](C)c2ccccc2)CCCCC1.C[C@H](c1ccccc1)n1cncc1C(=O)Cl.O=C1CCCCC1. The first kappa shape index (κ1) is 47.5. The maximum Gasteiger partial charge on any atom is 0.357 e. The molecule has 3 aliphatic carbocycles. The Morgan fingerprint density at radius 2 is 1.08 bits per heavy atom. The minimum atomic E-state index is -1.19. The normalized spacial score (nSPS) is 17.6. The Labute approximate surface area is 357 Å². The van der Waals surface area contributed by atoms with Gasteiger partial charge in [0.25, 0.3) is 5.24 Å². The number of aliphatic hydroxyl groups is 1. The first-order valence-corrected chi connectivity index (χ1v) is 21.2. The molecule has 324 valence electrons. The summed E-state index contributed by atoms with van der Waals surface area (Å²) < 4.78 is 18.7. The van der Waals surface area contributed by atoms with Crippen molar-refractivity contribution >= 4 is 40.5 Å². The van der Waals surface area contributed by atoms with E-state index in [0.717, 1.165) is 75.3 Å². The van der Waals surface area contributed by atoms with Gasteiger partial charge in [-0.3, -0.25) is 9.59 Å². The van der Waals surface area contributed by atoms with E-state index in [1.807, 2.05) is 74.5 Å². The average molecular weight is 847 g/mol. The largest absolute Gasteiger partial charge is 0.467 e. The third-order valence-electron chi connectivity index (χ3n) is 11.3. The lowest BCUT2D eigenvalue weighted by molar-refractivity contribution is -0.166. The first-order valence-electron chi connectivity index (χ1n) is 20.8. The van der Waals surface area contributed by atoms with Crippen molar-refractivity contribution < 1.29 is 43.3 Å². The van der Waals surface area contributed by atoms with Gasteiger partial charge >= 0.3 is 17.9 Å². The van der Waals surface area contributed by atoms with Crippen molar-refractivity contribution in [1.29, 1.82) is 0 Å². The Hall–Kier alpha value is -5.14. The topological polar surface area (TPSA) is 169 Å². The number of imidazole rings is 2. The number of nitrogens with zero attached hydrogens (tertiary/aromatic N) is 4. The number of ether oxygens (including phenoxy) is 3. The molecule has 0 bridgehead atoms. The number of methoxy groups -OCH3 is 2. The van der Waals surface area contributed by atoms with Crippen molar-refractivity contribution in [2.24, 2.45) is 0 Å². The average Bonchev–Trinajstić information content (AvgIpc) is 3.99. The van der Waals surface area contributed by atoms with Crippen LogP contribution in [0.25, 0.3) is 0 Å². The summed E-state index contributed by atoms with van der Waals surface area (Å²) in [5.74, 6) is -1.03. The van der Waals surface area contributed by atoms with Crippen molar-refractivity contribution in [3.05, 3.63) is 108 Å². The third kappa shape index (κ3) is 13.2. The summed E-state index contributed by atoms with van der Waals surface area (Å²) in [6, 6.07) is 19.7. The summed E-state index contributed by atoms with van der Waals surface area (Å²) in [7, 11) is 2.64. The van der Waals surface area contributed by atoms with Crippen LogP contribution in [0.5, 0.6) is 0 Å². The van der Waals surface area contributed by atoms with Gasteiger partial charge in [-0.1, -0.05) is 79.9 Å². The molecule has 13 nitrogen and oxygen atoms in total. The Morgan fingerprint density at radius 3 is 1.52 bits per heavy atom. The molecule has 0 unspecified atom stereocenters. The molecule has 0 saturated heterocycles. The fourth-order valence-electron chi connectivity index (χ4n) is 7.68. The quantitative estimate of drug-likeness (QED) is 0.0971. The van der Waals surface area contributed by atoms with E-state index >= 15 is 0 Å². The number of carbonyl (C=O) groups is 5. The summed E-state index contributed by atoms with van der Waals surface area (Å²) in [5, 5.41) is 9.18. The number of ketones is 1. The molecule has 2 atom stereocenters. The number of rotatable bonds is 9. The lowest BCUT2D eigenvalue weighted by atomic mass is 9.84. The number of Topliss-reactive ketones (excluding diaryl/α,β-unsaturated/α-hetero) is 1. The zero-order valence-corrected chi connectivity index (χ0v) is 36.0. The van der Waals surface area contributed by atoms with Crippen LogP contribution in [0.4, 0.5) is 0 Å². The molecule has 7 rings (SSSR count). The molecule has 3 fully saturated rings. The van der Waals surface area contributed by atoms with Crippen LogP contribution >= 0.6 is 11.6 Å². The highest BCUT2D eigenvalue weighted by molar-refractivity contribution is 6.67. The summed E-state index contributed by atoms with van der Waals surface area (Å²) in [6.45, 7) is 3.99. The second-order valence-electron chi connectivity index (χ2n) is 15.4. The molecule has 14 heteroatoms. The second-order valence-corrected chi connectivity index (χ2v) is 15.8. The van der Waals surface area contributed by atoms with Gasteiger partial charge in [-0.15, -0.1) is 0 Å². The molecule has 3 saturated carbocycles. The molecule has 2 aromatic carbocycles. The van der Waals surface area contributed by atoms with Gasteiger partial charge in [0.05, 0.1) is 51.4 Å². The van der Waals surface area contributed by atoms with Gasteiger partial charge in [0, 0.05) is 12.8 Å². The molecule has 1 N–H and O–H groups in total. The van der Waals surface area contributed by atoms with Crippen molar-refractivity contribution in [2.75, 3.05) is 14.2 Å². The Bertz CT molecular complexity index is 1960. The Morgan fingerprint density at radius 1 is 0.650 bits per heavy atom. The summed E-state index contributed by atoms with van der Waals surface area (Å²) in [5.41, 5.74) is 0.551. The minimum absolute atomic E-state index is 0.0430. The molecule has 2 aromatic heterocycles. The molecule has 0 aliphatic heterocycles. The number of esters is 3. The molecule has 2 heterocycles. The maximum atomic E-state index is 12.9. The van der Waals surface area contributed by atoms with E-state index in [-0.39, 0.29) is 12.1 Å². The van der Waals surface area contributed by atoms with Crippen LogP contribution in [-0.2, 0) is 28.6 Å². The number of benzene rings is 2. The van der Waals surface area contributed by atoms with E-state index in [9.17, 15) is 29.1 Å². The van der Waals surface area contributed by atoms with Crippen LogP contribution in [0.15, 0.2) is 85.7 Å². The van der Waals surface area contributed by atoms with Crippen LogP contribution in [0, 0.1) is 0 Å². The third-order valence-corrected chi connectivity index (χ3v) is 11.5. The summed E-state index contributed by atoms with van der Waals surface area (Å²) in [4.78, 5) is 65.9. The lowest BCUT2D eigenvalue weighted by Gasteiger charge is -2.33. The van der Waals surface area contributed by atoms with Gasteiger partial charge in [0.15, 0.2) is 5.60 Å². The van der Waals surface area contributed by atoms with Crippen molar-refractivity contribution in [1.82, 2.24) is 19.1 Å². The van der Waals surface area contributed by atoms with Gasteiger partial charge < -0.3 is 28.5 Å². The molecule has 0 amide bonds. The fourth-order valence-corrected chi connectivity index (χ4v) is 7.83. The van der Waals surface area contributed by atoms with Gasteiger partial charge in [0.2, 0.25) is 5.60 Å². The molecular weight excluding hydrogens is 788 g/mol. The van der Waals surface area contributed by atoms with E-state index < -0.39 is 34.4 Å². The number of aromatic nitrogens is 4. The molecular formula is C46H59ClN4O9. The van der Waals surface area contributed by atoms with E-state index in [1.54, 1.807) is 21.8 Å². The van der Waals surface area contributed by atoms with E-state index in [2.05, 4.69) is 14.7 Å². The predicted molar refractivity (Wildman–Crippen MR) is 227 cm³/mol. The van der Waals surface area contributed by atoms with Crippen LogP contribution in [0.3, 0.4) is 0 Å². The first-order chi connectivity index (χ1) is 28.9. The van der Waals surface area contributed by atoms with Crippen LogP contribution in [0.2, 0.25) is 0 Å². The van der Waals surface area contributed by atoms with E-state index in [1.165, 1.54) is 33.0 Å². The van der Waals surface area contributed by atoms with Crippen molar-refractivity contribution in [3.8, 4) is 0 Å². The smallest absolute Gasteiger partial charge is 0.357 e. The lowest BCUT2D eigenvalue weighted by Crippen LogP contribution is -2.46. The van der Waals surface area contributed by atoms with Gasteiger partial charge in [-0.2, -0.15) is 0 Å². The Balaban J connectivity index is 0.000000197. The maximum absolute atomic E-state index is 12.9. The van der Waals surface area contributed by atoms with Gasteiger partial charge in [-0.25, -0.2) is 24.4 Å². The zero-order chi connectivity index (χ0) is 43.5. The van der Waals surface area contributed by atoms with Crippen molar-refractivity contribution in [2.45, 2.75) is 133 Å². The highest BCUT2D eigenvalue weighted by Gasteiger charge is 2.45. The predicted octanol–water partition coefficient (Wildman–Crippen LogP) is 8.77. The summed E-state index contributed by atoms with van der Waals surface area (Å²) >= 11 is 5.48. The van der Waals surface area contributed by atoms with Crippen molar-refractivity contribution in [3.63, 3.8) is 0 Å². The fraction of sp³-hybridized carbons (Fsp3) is 0.500.